The fourth-order valence-electron chi connectivity index (χ4n) is 3.54. The van der Waals surface area contributed by atoms with Crippen LogP contribution in [0.3, 0.4) is 0 Å². The van der Waals surface area contributed by atoms with Gasteiger partial charge in [-0.3, -0.25) is 0 Å². The lowest BCUT2D eigenvalue weighted by Gasteiger charge is -2.32. The standard InChI is InChI=1S/C22H29N3O2S/c1-26-20-9-7-19(8-10-20)21(25-13-15-27-16-14-25)17-24-22(28)23-12-11-18-5-3-2-4-6-18/h2-10,21H,11-17H2,1H3,(H2,23,24,28)/p+1/t21-/m1/s1. The topological polar surface area (TPSA) is 47.0 Å². The summed E-state index contributed by atoms with van der Waals surface area (Å²) < 4.78 is 10.8. The van der Waals surface area contributed by atoms with Gasteiger partial charge in [-0.25, -0.2) is 0 Å². The fourth-order valence-corrected chi connectivity index (χ4v) is 3.72. The van der Waals surface area contributed by atoms with Crippen molar-refractivity contribution in [3.05, 3.63) is 65.7 Å². The van der Waals surface area contributed by atoms with Gasteiger partial charge in [0.1, 0.15) is 24.9 Å². The molecule has 3 N–H and O–H groups in total. The number of quaternary nitrogens is 1. The summed E-state index contributed by atoms with van der Waals surface area (Å²) in [5.41, 5.74) is 2.60. The van der Waals surface area contributed by atoms with Gasteiger partial charge in [-0.2, -0.15) is 0 Å². The summed E-state index contributed by atoms with van der Waals surface area (Å²) in [6, 6.07) is 19.1. The molecule has 6 heteroatoms. The van der Waals surface area contributed by atoms with Crippen LogP contribution in [0.4, 0.5) is 0 Å². The summed E-state index contributed by atoms with van der Waals surface area (Å²) in [6.07, 6.45) is 0.958. The lowest BCUT2D eigenvalue weighted by atomic mass is 10.0. The van der Waals surface area contributed by atoms with E-state index in [1.807, 2.05) is 18.2 Å². The Morgan fingerprint density at radius 2 is 1.79 bits per heavy atom. The average molecular weight is 401 g/mol. The number of nitrogens with one attached hydrogen (secondary N) is 3. The summed E-state index contributed by atoms with van der Waals surface area (Å²) in [5, 5.41) is 7.46. The van der Waals surface area contributed by atoms with E-state index in [1.54, 1.807) is 7.11 Å². The summed E-state index contributed by atoms with van der Waals surface area (Å²) in [7, 11) is 1.70. The van der Waals surface area contributed by atoms with Gasteiger partial charge in [0.15, 0.2) is 5.11 Å². The quantitative estimate of drug-likeness (QED) is 0.584. The van der Waals surface area contributed by atoms with E-state index in [2.05, 4.69) is 47.0 Å². The minimum Gasteiger partial charge on any atom is -0.497 e. The van der Waals surface area contributed by atoms with E-state index in [0.717, 1.165) is 51.6 Å². The molecule has 0 aliphatic carbocycles. The number of rotatable bonds is 8. The van der Waals surface area contributed by atoms with E-state index in [9.17, 15) is 0 Å². The molecule has 0 spiro atoms. The van der Waals surface area contributed by atoms with Crippen molar-refractivity contribution in [1.82, 2.24) is 10.6 Å². The first-order valence-corrected chi connectivity index (χ1v) is 10.3. The van der Waals surface area contributed by atoms with Crippen LogP contribution in [0.1, 0.15) is 17.2 Å². The third kappa shape index (κ3) is 6.19. The molecule has 0 unspecified atom stereocenters. The maximum absolute atomic E-state index is 5.54. The number of hydrogen-bond acceptors (Lipinski definition) is 3. The van der Waals surface area contributed by atoms with Gasteiger partial charge in [0.25, 0.3) is 0 Å². The van der Waals surface area contributed by atoms with E-state index in [4.69, 9.17) is 21.7 Å². The summed E-state index contributed by atoms with van der Waals surface area (Å²) in [5.74, 6) is 0.880. The van der Waals surface area contributed by atoms with E-state index in [0.29, 0.717) is 11.2 Å². The van der Waals surface area contributed by atoms with E-state index >= 15 is 0 Å². The van der Waals surface area contributed by atoms with Crippen molar-refractivity contribution in [2.75, 3.05) is 46.5 Å². The maximum atomic E-state index is 5.54. The van der Waals surface area contributed by atoms with E-state index in [1.165, 1.54) is 16.0 Å². The molecule has 1 atom stereocenters. The molecule has 0 bridgehead atoms. The molecule has 2 aromatic carbocycles. The molecule has 150 valence electrons. The molecule has 1 fully saturated rings. The minimum absolute atomic E-state index is 0.323. The number of benzene rings is 2. The number of hydrogen-bond donors (Lipinski definition) is 3. The highest BCUT2D eigenvalue weighted by atomic mass is 32.1. The van der Waals surface area contributed by atoms with Gasteiger partial charge in [0.05, 0.1) is 26.9 Å². The Morgan fingerprint density at radius 1 is 1.07 bits per heavy atom. The zero-order valence-corrected chi connectivity index (χ0v) is 17.3. The molecule has 1 aliphatic rings. The minimum atomic E-state index is 0.323. The SMILES string of the molecule is COc1ccc([C@@H](CNC(=S)NCCc2ccccc2)[NH+]2CCOCC2)cc1. The molecule has 0 radical (unpaired) electrons. The van der Waals surface area contributed by atoms with Crippen molar-refractivity contribution in [3.63, 3.8) is 0 Å². The van der Waals surface area contributed by atoms with Gasteiger partial charge in [-0.15, -0.1) is 0 Å². The van der Waals surface area contributed by atoms with Gasteiger partial charge in [-0.1, -0.05) is 30.3 Å². The highest BCUT2D eigenvalue weighted by Crippen LogP contribution is 2.16. The van der Waals surface area contributed by atoms with Crippen LogP contribution in [0, 0.1) is 0 Å². The molecule has 28 heavy (non-hydrogen) atoms. The molecular weight excluding hydrogens is 370 g/mol. The fraction of sp³-hybridized carbons (Fsp3) is 0.409. The number of thiocarbonyl (C=S) groups is 1. The van der Waals surface area contributed by atoms with Gasteiger partial charge < -0.3 is 25.0 Å². The molecule has 2 aromatic rings. The van der Waals surface area contributed by atoms with Crippen molar-refractivity contribution in [1.29, 1.82) is 0 Å². The molecule has 0 amide bonds. The Labute approximate surface area is 173 Å². The highest BCUT2D eigenvalue weighted by molar-refractivity contribution is 7.80. The Morgan fingerprint density at radius 3 is 2.46 bits per heavy atom. The van der Waals surface area contributed by atoms with Crippen LogP contribution in [0.25, 0.3) is 0 Å². The Kier molecular flexibility index (Phi) is 8.08. The van der Waals surface area contributed by atoms with Crippen molar-refractivity contribution >= 4 is 17.3 Å². The summed E-state index contributed by atoms with van der Waals surface area (Å²) in [6.45, 7) is 5.25. The van der Waals surface area contributed by atoms with Crippen LogP contribution < -0.4 is 20.3 Å². The molecule has 0 aromatic heterocycles. The van der Waals surface area contributed by atoms with Crippen LogP contribution in [-0.2, 0) is 11.2 Å². The molecule has 1 saturated heterocycles. The molecular formula is C22H30N3O2S+. The van der Waals surface area contributed by atoms with Gasteiger partial charge in [-0.05, 0) is 48.5 Å². The third-order valence-electron chi connectivity index (χ3n) is 5.15. The largest absolute Gasteiger partial charge is 0.497 e. The Hall–Kier alpha value is -2.15. The predicted molar refractivity (Wildman–Crippen MR) is 116 cm³/mol. The first-order valence-electron chi connectivity index (χ1n) is 9.88. The van der Waals surface area contributed by atoms with Crippen LogP contribution in [0.5, 0.6) is 5.75 Å². The van der Waals surface area contributed by atoms with Crippen LogP contribution >= 0.6 is 12.2 Å². The maximum Gasteiger partial charge on any atom is 0.166 e. The third-order valence-corrected chi connectivity index (χ3v) is 5.44. The van der Waals surface area contributed by atoms with Crippen molar-refractivity contribution in [3.8, 4) is 5.75 Å². The van der Waals surface area contributed by atoms with Gasteiger partial charge in [0.2, 0.25) is 0 Å². The van der Waals surface area contributed by atoms with Gasteiger partial charge in [0, 0.05) is 12.1 Å². The first-order chi connectivity index (χ1) is 13.8. The van der Waals surface area contributed by atoms with Crippen molar-refractivity contribution < 1.29 is 14.4 Å². The molecule has 1 heterocycles. The molecule has 3 rings (SSSR count). The first kappa shape index (κ1) is 20.6. The van der Waals surface area contributed by atoms with E-state index < -0.39 is 0 Å². The second-order valence-corrected chi connectivity index (χ2v) is 7.38. The zero-order valence-electron chi connectivity index (χ0n) is 16.4. The molecule has 1 aliphatic heterocycles. The van der Waals surface area contributed by atoms with Crippen molar-refractivity contribution in [2.45, 2.75) is 12.5 Å². The zero-order chi connectivity index (χ0) is 19.6. The summed E-state index contributed by atoms with van der Waals surface area (Å²) in [4.78, 5) is 1.52. The number of methoxy groups -OCH3 is 1. The van der Waals surface area contributed by atoms with E-state index in [-0.39, 0.29) is 0 Å². The second-order valence-electron chi connectivity index (χ2n) is 6.97. The highest BCUT2D eigenvalue weighted by Gasteiger charge is 2.26. The van der Waals surface area contributed by atoms with Gasteiger partial charge >= 0.3 is 0 Å². The average Bonchev–Trinajstić information content (AvgIpc) is 2.76. The normalized spacial score (nSPS) is 15.6. The second kappa shape index (κ2) is 11.0. The Balaban J connectivity index is 1.53. The van der Waals surface area contributed by atoms with Crippen LogP contribution in [-0.4, -0.2) is 51.6 Å². The number of morpholine rings is 1. The summed E-state index contributed by atoms with van der Waals surface area (Å²) >= 11 is 5.50. The monoisotopic (exact) mass is 400 g/mol. The predicted octanol–water partition coefficient (Wildman–Crippen LogP) is 1.36. The number of ether oxygens (including phenoxy) is 2. The van der Waals surface area contributed by atoms with Crippen LogP contribution in [0.15, 0.2) is 54.6 Å². The van der Waals surface area contributed by atoms with Crippen molar-refractivity contribution in [2.24, 2.45) is 0 Å². The van der Waals surface area contributed by atoms with Crippen LogP contribution in [0.2, 0.25) is 0 Å². The lowest BCUT2D eigenvalue weighted by Crippen LogP contribution is -3.15. The Bertz CT molecular complexity index is 718. The molecule has 5 nitrogen and oxygen atoms in total. The molecule has 0 saturated carbocycles. The lowest BCUT2D eigenvalue weighted by molar-refractivity contribution is -0.937. The smallest absolute Gasteiger partial charge is 0.166 e.